The molecule has 3 rings (SSSR count). The molecule has 0 spiro atoms. The fourth-order valence-electron chi connectivity index (χ4n) is 3.08. The molecule has 0 amide bonds. The molecule has 0 bridgehead atoms. The fraction of sp³-hybridized carbons (Fsp3) is 0.474. The van der Waals surface area contributed by atoms with Crippen molar-refractivity contribution >= 4 is 11.6 Å². The predicted octanol–water partition coefficient (Wildman–Crippen LogP) is 3.64. The van der Waals surface area contributed by atoms with E-state index in [2.05, 4.69) is 39.2 Å². The van der Waals surface area contributed by atoms with Gasteiger partial charge in [-0.1, -0.05) is 25.1 Å². The number of methoxy groups -OCH3 is 1. The van der Waals surface area contributed by atoms with Gasteiger partial charge < -0.3 is 15.0 Å². The highest BCUT2D eigenvalue weighted by atomic mass is 16.5. The van der Waals surface area contributed by atoms with E-state index in [1.165, 1.54) is 12.8 Å². The van der Waals surface area contributed by atoms with Crippen LogP contribution in [0, 0.1) is 12.8 Å². The number of aromatic nitrogens is 2. The monoisotopic (exact) mass is 326 g/mol. The van der Waals surface area contributed by atoms with Crippen LogP contribution in [0.5, 0.6) is 5.75 Å². The molecule has 0 atom stereocenters. The van der Waals surface area contributed by atoms with Gasteiger partial charge in [0, 0.05) is 31.3 Å². The van der Waals surface area contributed by atoms with Crippen molar-refractivity contribution in [1.82, 2.24) is 9.97 Å². The average Bonchev–Trinajstić information content (AvgIpc) is 2.60. The summed E-state index contributed by atoms with van der Waals surface area (Å²) in [5, 5.41) is 3.41. The van der Waals surface area contributed by atoms with Crippen molar-refractivity contribution in [2.24, 2.45) is 5.92 Å². The number of nitrogens with one attached hydrogen (secondary N) is 1. The number of piperidine rings is 1. The Labute approximate surface area is 144 Å². The maximum Gasteiger partial charge on any atom is 0.134 e. The largest absolute Gasteiger partial charge is 0.496 e. The molecule has 0 aliphatic carbocycles. The fourth-order valence-corrected chi connectivity index (χ4v) is 3.08. The van der Waals surface area contributed by atoms with Crippen LogP contribution in [-0.2, 0) is 6.54 Å². The summed E-state index contributed by atoms with van der Waals surface area (Å²) >= 11 is 0. The van der Waals surface area contributed by atoms with Crippen molar-refractivity contribution in [2.75, 3.05) is 30.4 Å². The van der Waals surface area contributed by atoms with E-state index < -0.39 is 0 Å². The van der Waals surface area contributed by atoms with E-state index in [9.17, 15) is 0 Å². The van der Waals surface area contributed by atoms with Gasteiger partial charge in [0.15, 0.2) is 0 Å². The molecule has 5 nitrogen and oxygen atoms in total. The zero-order valence-electron chi connectivity index (χ0n) is 14.7. The Hall–Kier alpha value is -2.30. The molecule has 0 unspecified atom stereocenters. The molecule has 1 aromatic heterocycles. The molecule has 0 saturated carbocycles. The van der Waals surface area contributed by atoms with E-state index in [1.54, 1.807) is 7.11 Å². The number of aryl methyl sites for hydroxylation is 1. The summed E-state index contributed by atoms with van der Waals surface area (Å²) in [4.78, 5) is 11.5. The van der Waals surface area contributed by atoms with Crippen molar-refractivity contribution < 1.29 is 4.74 Å². The first-order chi connectivity index (χ1) is 11.7. The molecule has 1 fully saturated rings. The summed E-state index contributed by atoms with van der Waals surface area (Å²) in [6.45, 7) is 7.09. The van der Waals surface area contributed by atoms with E-state index in [1.807, 2.05) is 25.1 Å². The first-order valence-electron chi connectivity index (χ1n) is 8.62. The first kappa shape index (κ1) is 16.6. The molecule has 128 valence electrons. The molecule has 5 heteroatoms. The highest BCUT2D eigenvalue weighted by molar-refractivity contribution is 5.50. The Morgan fingerprint density at radius 1 is 1.21 bits per heavy atom. The zero-order valence-corrected chi connectivity index (χ0v) is 14.7. The second-order valence-corrected chi connectivity index (χ2v) is 6.49. The SMILES string of the molecule is COc1ccccc1CNc1cc(N2CCC(C)CC2)nc(C)n1. The van der Waals surface area contributed by atoms with Gasteiger partial charge in [0.25, 0.3) is 0 Å². The van der Waals surface area contributed by atoms with Crippen LogP contribution in [0.25, 0.3) is 0 Å². The Morgan fingerprint density at radius 3 is 2.71 bits per heavy atom. The first-order valence-corrected chi connectivity index (χ1v) is 8.62. The van der Waals surface area contributed by atoms with Crippen molar-refractivity contribution in [3.63, 3.8) is 0 Å². The van der Waals surface area contributed by atoms with Gasteiger partial charge >= 0.3 is 0 Å². The molecular formula is C19H26N4O. The van der Waals surface area contributed by atoms with E-state index in [4.69, 9.17) is 4.74 Å². The maximum atomic E-state index is 5.41. The van der Waals surface area contributed by atoms with Gasteiger partial charge in [-0.15, -0.1) is 0 Å². The zero-order chi connectivity index (χ0) is 16.9. The molecule has 1 aliphatic heterocycles. The van der Waals surface area contributed by atoms with Crippen LogP contribution in [-0.4, -0.2) is 30.2 Å². The molecule has 24 heavy (non-hydrogen) atoms. The van der Waals surface area contributed by atoms with Gasteiger partial charge in [0.1, 0.15) is 23.2 Å². The van der Waals surface area contributed by atoms with Crippen LogP contribution in [0.2, 0.25) is 0 Å². The van der Waals surface area contributed by atoms with Crippen LogP contribution in [0.4, 0.5) is 11.6 Å². The van der Waals surface area contributed by atoms with Gasteiger partial charge in [-0.3, -0.25) is 0 Å². The molecule has 1 N–H and O–H groups in total. The number of anilines is 2. The van der Waals surface area contributed by atoms with Crippen LogP contribution < -0.4 is 15.0 Å². The number of benzene rings is 1. The smallest absolute Gasteiger partial charge is 0.134 e. The summed E-state index contributed by atoms with van der Waals surface area (Å²) in [5.74, 6) is 4.39. The molecular weight excluding hydrogens is 300 g/mol. The van der Waals surface area contributed by atoms with E-state index in [-0.39, 0.29) is 0 Å². The lowest BCUT2D eigenvalue weighted by Gasteiger charge is -2.31. The third-order valence-corrected chi connectivity index (χ3v) is 4.58. The number of hydrogen-bond donors (Lipinski definition) is 1. The predicted molar refractivity (Wildman–Crippen MR) is 97.7 cm³/mol. The number of nitrogens with zero attached hydrogens (tertiary/aromatic N) is 3. The second kappa shape index (κ2) is 7.51. The minimum absolute atomic E-state index is 0.678. The number of rotatable bonds is 5. The molecule has 2 aromatic rings. The van der Waals surface area contributed by atoms with Crippen LogP contribution in [0.15, 0.2) is 30.3 Å². The summed E-state index contributed by atoms with van der Waals surface area (Å²) in [7, 11) is 1.70. The number of hydrogen-bond acceptors (Lipinski definition) is 5. The third kappa shape index (κ3) is 3.96. The quantitative estimate of drug-likeness (QED) is 0.909. The van der Waals surface area contributed by atoms with Gasteiger partial charge in [-0.2, -0.15) is 0 Å². The maximum absolute atomic E-state index is 5.41. The van der Waals surface area contributed by atoms with Crippen LogP contribution in [0.3, 0.4) is 0 Å². The molecule has 0 radical (unpaired) electrons. The van der Waals surface area contributed by atoms with Crippen molar-refractivity contribution in [3.05, 3.63) is 41.7 Å². The third-order valence-electron chi connectivity index (χ3n) is 4.58. The summed E-state index contributed by atoms with van der Waals surface area (Å²) in [5.41, 5.74) is 1.12. The molecule has 1 aliphatic rings. The van der Waals surface area contributed by atoms with Crippen molar-refractivity contribution in [2.45, 2.75) is 33.2 Å². The van der Waals surface area contributed by atoms with Gasteiger partial charge in [-0.05, 0) is 31.7 Å². The summed E-state index contributed by atoms with van der Waals surface area (Å²) < 4.78 is 5.41. The molecule has 1 saturated heterocycles. The Kier molecular flexibility index (Phi) is 5.18. The van der Waals surface area contributed by atoms with Gasteiger partial charge in [0.2, 0.25) is 0 Å². The minimum Gasteiger partial charge on any atom is -0.496 e. The average molecular weight is 326 g/mol. The number of ether oxygens (including phenoxy) is 1. The van der Waals surface area contributed by atoms with Gasteiger partial charge in [-0.25, -0.2) is 9.97 Å². The Morgan fingerprint density at radius 2 is 1.96 bits per heavy atom. The van der Waals surface area contributed by atoms with E-state index in [0.29, 0.717) is 6.54 Å². The topological polar surface area (TPSA) is 50.3 Å². The van der Waals surface area contributed by atoms with Crippen LogP contribution in [0.1, 0.15) is 31.2 Å². The standard InChI is InChI=1S/C19H26N4O/c1-14-8-10-23(11-9-14)19-12-18(21-15(2)22-19)20-13-16-6-4-5-7-17(16)24-3/h4-7,12,14H,8-11,13H2,1-3H3,(H,20,21,22). The second-order valence-electron chi connectivity index (χ2n) is 6.49. The number of para-hydroxylation sites is 1. The lowest BCUT2D eigenvalue weighted by atomic mass is 9.99. The molecule has 2 heterocycles. The van der Waals surface area contributed by atoms with Gasteiger partial charge in [0.05, 0.1) is 7.11 Å². The lowest BCUT2D eigenvalue weighted by molar-refractivity contribution is 0.410. The highest BCUT2D eigenvalue weighted by Crippen LogP contribution is 2.24. The van der Waals surface area contributed by atoms with E-state index in [0.717, 1.165) is 47.8 Å². The normalized spacial score (nSPS) is 15.4. The Balaban J connectivity index is 1.72. The van der Waals surface area contributed by atoms with E-state index >= 15 is 0 Å². The lowest BCUT2D eigenvalue weighted by Crippen LogP contribution is -2.33. The van der Waals surface area contributed by atoms with Crippen molar-refractivity contribution in [3.8, 4) is 5.75 Å². The Bertz CT molecular complexity index is 681. The summed E-state index contributed by atoms with van der Waals surface area (Å²) in [6.07, 6.45) is 2.46. The summed E-state index contributed by atoms with van der Waals surface area (Å²) in [6, 6.07) is 10.1. The van der Waals surface area contributed by atoms with Crippen LogP contribution >= 0.6 is 0 Å². The minimum atomic E-state index is 0.678. The molecule has 1 aromatic carbocycles. The highest BCUT2D eigenvalue weighted by Gasteiger charge is 2.18. The van der Waals surface area contributed by atoms with Crippen molar-refractivity contribution in [1.29, 1.82) is 0 Å².